The molecule has 0 aliphatic carbocycles. The van der Waals surface area contributed by atoms with Gasteiger partial charge in [0.2, 0.25) is 0 Å². The van der Waals surface area contributed by atoms with Gasteiger partial charge in [-0.3, -0.25) is 4.79 Å². The number of nitrogens with zero attached hydrogens (tertiary/aromatic N) is 1. The number of halogens is 1. The lowest BCUT2D eigenvalue weighted by atomic mass is 10.3. The van der Waals surface area contributed by atoms with Crippen molar-refractivity contribution in [3.8, 4) is 0 Å². The molecule has 0 saturated heterocycles. The van der Waals surface area contributed by atoms with Crippen molar-refractivity contribution >= 4 is 40.2 Å². The van der Waals surface area contributed by atoms with Crippen LogP contribution in [0.15, 0.2) is 46.9 Å². The number of carbonyl (C=O) groups is 1. The molecule has 0 bridgehead atoms. The van der Waals surface area contributed by atoms with Crippen molar-refractivity contribution in [1.29, 1.82) is 0 Å². The average molecular weight is 308 g/mol. The molecule has 0 aliphatic heterocycles. The van der Waals surface area contributed by atoms with E-state index in [1.54, 1.807) is 17.4 Å². The minimum atomic E-state index is -0.221. The number of anilines is 1. The molecule has 1 aromatic heterocycles. The van der Waals surface area contributed by atoms with Crippen molar-refractivity contribution in [2.75, 3.05) is 11.9 Å². The van der Waals surface area contributed by atoms with Crippen LogP contribution in [0.5, 0.6) is 0 Å². The van der Waals surface area contributed by atoms with E-state index in [2.05, 4.69) is 15.8 Å². The number of hydrogen-bond donors (Lipinski definition) is 2. The van der Waals surface area contributed by atoms with Crippen LogP contribution >= 0.6 is 22.9 Å². The summed E-state index contributed by atoms with van der Waals surface area (Å²) in [4.78, 5) is 12.7. The second-order valence-electron chi connectivity index (χ2n) is 4.04. The number of hydrogen-bond acceptors (Lipinski definition) is 4. The smallest absolute Gasteiger partial charge is 0.259 e. The first-order chi connectivity index (χ1) is 9.66. The van der Waals surface area contributed by atoms with E-state index in [0.29, 0.717) is 5.02 Å². The number of benzene rings is 1. The molecule has 1 amide bonds. The van der Waals surface area contributed by atoms with E-state index < -0.39 is 0 Å². The van der Waals surface area contributed by atoms with Crippen molar-refractivity contribution < 1.29 is 4.79 Å². The first-order valence-electron chi connectivity index (χ1n) is 6.02. The Morgan fingerprint density at radius 2 is 2.10 bits per heavy atom. The van der Waals surface area contributed by atoms with E-state index >= 15 is 0 Å². The lowest BCUT2D eigenvalue weighted by Gasteiger charge is -2.07. The van der Waals surface area contributed by atoms with Gasteiger partial charge in [0.15, 0.2) is 0 Å². The van der Waals surface area contributed by atoms with Gasteiger partial charge < -0.3 is 5.32 Å². The summed E-state index contributed by atoms with van der Waals surface area (Å²) in [6.07, 6.45) is 0. The Morgan fingerprint density at radius 3 is 2.80 bits per heavy atom. The molecule has 6 heteroatoms. The number of rotatable bonds is 5. The van der Waals surface area contributed by atoms with Crippen LogP contribution in [0.25, 0.3) is 0 Å². The number of nitrogens with one attached hydrogen (secondary N) is 2. The van der Waals surface area contributed by atoms with Crippen molar-refractivity contribution in [3.63, 3.8) is 0 Å². The monoisotopic (exact) mass is 307 g/mol. The summed E-state index contributed by atoms with van der Waals surface area (Å²) in [5.41, 5.74) is 4.02. The average Bonchev–Trinajstić information content (AvgIpc) is 2.98. The molecule has 4 nitrogen and oxygen atoms in total. The molecule has 0 spiro atoms. The maximum Gasteiger partial charge on any atom is 0.259 e. The number of amides is 1. The fourth-order valence-electron chi connectivity index (χ4n) is 1.51. The van der Waals surface area contributed by atoms with E-state index in [0.717, 1.165) is 16.3 Å². The molecule has 0 aliphatic rings. The predicted molar refractivity (Wildman–Crippen MR) is 84.6 cm³/mol. The lowest BCUT2D eigenvalue weighted by molar-refractivity contribution is -0.119. The second-order valence-corrected chi connectivity index (χ2v) is 5.40. The Kier molecular flexibility index (Phi) is 5.15. The summed E-state index contributed by atoms with van der Waals surface area (Å²) in [5.74, 6) is -0.221. The molecule has 2 N–H and O–H groups in total. The molecule has 1 aromatic carbocycles. The van der Waals surface area contributed by atoms with E-state index in [-0.39, 0.29) is 12.5 Å². The molecular formula is C14H14ClN3OS. The van der Waals surface area contributed by atoms with Gasteiger partial charge in [-0.25, -0.2) is 5.43 Å². The van der Waals surface area contributed by atoms with Gasteiger partial charge in [-0.2, -0.15) is 5.10 Å². The summed E-state index contributed by atoms with van der Waals surface area (Å²) in [7, 11) is 0. The third kappa shape index (κ3) is 4.08. The SMILES string of the molecule is CC(=NNC(=O)CNc1ccccc1Cl)c1cccs1. The molecule has 0 radical (unpaired) electrons. The number of thiophene rings is 1. The van der Waals surface area contributed by atoms with Crippen LogP contribution in [-0.4, -0.2) is 18.2 Å². The third-order valence-electron chi connectivity index (χ3n) is 2.54. The van der Waals surface area contributed by atoms with Gasteiger partial charge in [0, 0.05) is 4.88 Å². The van der Waals surface area contributed by atoms with Gasteiger partial charge in [-0.1, -0.05) is 29.8 Å². The van der Waals surface area contributed by atoms with Gasteiger partial charge in [-0.15, -0.1) is 11.3 Å². The fourth-order valence-corrected chi connectivity index (χ4v) is 2.38. The lowest BCUT2D eigenvalue weighted by Crippen LogP contribution is -2.26. The highest BCUT2D eigenvalue weighted by molar-refractivity contribution is 7.12. The number of hydrazone groups is 1. The highest BCUT2D eigenvalue weighted by Gasteiger charge is 2.03. The van der Waals surface area contributed by atoms with Crippen LogP contribution in [0.4, 0.5) is 5.69 Å². The summed E-state index contributed by atoms with van der Waals surface area (Å²) in [6, 6.07) is 11.2. The summed E-state index contributed by atoms with van der Waals surface area (Å²) < 4.78 is 0. The molecule has 0 fully saturated rings. The second kappa shape index (κ2) is 7.07. The zero-order chi connectivity index (χ0) is 14.4. The van der Waals surface area contributed by atoms with Crippen molar-refractivity contribution in [1.82, 2.24) is 5.43 Å². The van der Waals surface area contributed by atoms with Gasteiger partial charge >= 0.3 is 0 Å². The molecule has 2 rings (SSSR count). The summed E-state index contributed by atoms with van der Waals surface area (Å²) >= 11 is 7.56. The Balaban J connectivity index is 1.84. The van der Waals surface area contributed by atoms with Gasteiger partial charge in [0.1, 0.15) is 0 Å². The highest BCUT2D eigenvalue weighted by Crippen LogP contribution is 2.19. The summed E-state index contributed by atoms with van der Waals surface area (Å²) in [5, 5.41) is 9.57. The van der Waals surface area contributed by atoms with Crippen LogP contribution in [0.3, 0.4) is 0 Å². The first-order valence-corrected chi connectivity index (χ1v) is 7.28. The largest absolute Gasteiger partial charge is 0.375 e. The molecule has 0 saturated carbocycles. The van der Waals surface area contributed by atoms with E-state index in [4.69, 9.17) is 11.6 Å². The molecule has 0 atom stereocenters. The van der Waals surface area contributed by atoms with Crippen LogP contribution in [0.2, 0.25) is 5.02 Å². The molecule has 0 unspecified atom stereocenters. The van der Waals surface area contributed by atoms with Crippen LogP contribution < -0.4 is 10.7 Å². The van der Waals surface area contributed by atoms with Gasteiger partial charge in [0.25, 0.3) is 5.91 Å². The van der Waals surface area contributed by atoms with Crippen LogP contribution in [0.1, 0.15) is 11.8 Å². The zero-order valence-corrected chi connectivity index (χ0v) is 12.5. The van der Waals surface area contributed by atoms with E-state index in [1.165, 1.54) is 0 Å². The molecule has 2 aromatic rings. The van der Waals surface area contributed by atoms with Crippen LogP contribution in [0, 0.1) is 0 Å². The van der Waals surface area contributed by atoms with Crippen molar-refractivity contribution in [2.45, 2.75) is 6.92 Å². The van der Waals surface area contributed by atoms with Crippen molar-refractivity contribution in [3.05, 3.63) is 51.7 Å². The van der Waals surface area contributed by atoms with E-state index in [1.807, 2.05) is 42.6 Å². The maximum atomic E-state index is 11.7. The van der Waals surface area contributed by atoms with Crippen LogP contribution in [-0.2, 0) is 4.79 Å². The van der Waals surface area contributed by atoms with Gasteiger partial charge in [0.05, 0.1) is 23.0 Å². The summed E-state index contributed by atoms with van der Waals surface area (Å²) in [6.45, 7) is 1.97. The maximum absolute atomic E-state index is 11.7. The standard InChI is InChI=1S/C14H14ClN3OS/c1-10(13-7-4-8-20-13)17-18-14(19)9-16-12-6-3-2-5-11(12)15/h2-8,16H,9H2,1H3,(H,18,19). The molecular weight excluding hydrogens is 294 g/mol. The molecule has 1 heterocycles. The third-order valence-corrected chi connectivity index (χ3v) is 3.85. The normalized spacial score (nSPS) is 11.2. The zero-order valence-electron chi connectivity index (χ0n) is 10.9. The van der Waals surface area contributed by atoms with Gasteiger partial charge in [-0.05, 0) is 30.5 Å². The Labute approximate surface area is 126 Å². The predicted octanol–water partition coefficient (Wildman–Crippen LogP) is 3.35. The van der Waals surface area contributed by atoms with Crippen molar-refractivity contribution in [2.24, 2.45) is 5.10 Å². The Bertz CT molecular complexity index is 611. The van der Waals surface area contributed by atoms with E-state index in [9.17, 15) is 4.79 Å². The minimum absolute atomic E-state index is 0.116. The minimum Gasteiger partial charge on any atom is -0.375 e. The highest BCUT2D eigenvalue weighted by atomic mass is 35.5. The quantitative estimate of drug-likeness (QED) is 0.657. The Morgan fingerprint density at radius 1 is 1.30 bits per heavy atom. The fraction of sp³-hybridized carbons (Fsp3) is 0.143. The molecule has 104 valence electrons. The number of para-hydroxylation sites is 1. The number of carbonyl (C=O) groups excluding carboxylic acids is 1. The Hall–Kier alpha value is -1.85. The first kappa shape index (κ1) is 14.6. The topological polar surface area (TPSA) is 53.5 Å². The molecule has 20 heavy (non-hydrogen) atoms.